The standard InChI is InChI=1S/C48H30BNO2.2C42H26BNO2/c1-3-13-32(14-4-1)38-30-39(33-15-5-2-6-16-33)48-46-47(38)51-44-22-12-9-19-40(44)49(46)41-28-25-34(29-45(41)52-48)31-23-26-35(27-24-31)50-42-20-10-7-17-36(42)37-18-8-11-21-43(37)50;1-2-11-27(12-3-1)29-25-39-41-40(26-29)46-42-31(15-10-17-35(42)43(41)34-16-6-9-20-38(34)45-39)28-21-23-30(24-22-28)44-36-18-7-4-13-32(36)33-14-5-8-19-37(33)44;1-2-10-27(11-3-1)29-22-25-38-35(26-29)43-34-15-8-14-31(42(34)46-40-19-9-18-39(45-38)41(40)43)28-20-23-30(24-21-28)44-36-16-6-4-12-32(36)33-13-5-7-17-37(33)44/h1-30H;2*1-26H. The molecule has 9 nitrogen and oxygen atoms in total. The number of fused-ring (bicyclic) bond motifs is 21. The summed E-state index contributed by atoms with van der Waals surface area (Å²) in [6.07, 6.45) is 0. The van der Waals surface area contributed by atoms with Gasteiger partial charge in [0, 0.05) is 88.0 Å². The number of benzene rings is 22. The molecule has 0 radical (unpaired) electrons. The summed E-state index contributed by atoms with van der Waals surface area (Å²) in [5.41, 5.74) is 36.3. The Morgan fingerprint density at radius 2 is 0.417 bits per heavy atom. The zero-order chi connectivity index (χ0) is 94.6. The van der Waals surface area contributed by atoms with Crippen molar-refractivity contribution in [1.82, 2.24) is 13.7 Å². The smallest absolute Gasteiger partial charge is 0.260 e. The summed E-state index contributed by atoms with van der Waals surface area (Å²) in [6.45, 7) is -0.0314. The Morgan fingerprint density at radius 1 is 0.139 bits per heavy atom. The van der Waals surface area contributed by atoms with Gasteiger partial charge in [0.05, 0.1) is 33.1 Å². The molecule has 25 aromatic rings. The summed E-state index contributed by atoms with van der Waals surface area (Å²) in [4.78, 5) is 0. The summed E-state index contributed by atoms with van der Waals surface area (Å²) in [5.74, 6) is 10.5. The molecule has 144 heavy (non-hydrogen) atoms. The van der Waals surface area contributed by atoms with Gasteiger partial charge in [0.2, 0.25) is 0 Å². The molecule has 9 heterocycles. The van der Waals surface area contributed by atoms with Crippen molar-refractivity contribution in [3.05, 3.63) is 497 Å². The van der Waals surface area contributed by atoms with Crippen molar-refractivity contribution < 1.29 is 28.4 Å². The SMILES string of the molecule is c1ccc(-c2cc(-c3ccccc3)c3c4c2Oc2ccccc2B4c2ccc(-c4ccc(-n5c6ccccc6c6ccccc65)cc4)cc2O3)cc1.c1ccc(-c2cc3c4c(c2)Oc2c(cccc2-c2ccc(-n5c6ccccc6c6ccccc65)cc2)B4c2ccccc2O3)cc1.c1ccc(-c2ccc3c(c2)B2c4cccc(-c5ccc(-n6c7ccccc7c7ccccc76)cc5)c4Oc4cccc(c42)O3)cc1. The van der Waals surface area contributed by atoms with E-state index >= 15 is 0 Å². The van der Waals surface area contributed by atoms with E-state index in [-0.39, 0.29) is 20.1 Å². The maximum absolute atomic E-state index is 7.07. The molecule has 0 unspecified atom stereocenters. The lowest BCUT2D eigenvalue weighted by atomic mass is 9.34. The third-order valence-electron chi connectivity index (χ3n) is 29.8. The molecular formula is C132H82B3N3O6. The quantitative estimate of drug-likeness (QED) is 0.127. The number of nitrogens with zero attached hydrogens (tertiary/aromatic N) is 3. The summed E-state index contributed by atoms with van der Waals surface area (Å²) < 4.78 is 47.7. The lowest BCUT2D eigenvalue weighted by Gasteiger charge is -2.35. The fourth-order valence-electron chi connectivity index (χ4n) is 23.3. The zero-order valence-corrected chi connectivity index (χ0v) is 77.9. The minimum atomic E-state index is -0.0449. The van der Waals surface area contributed by atoms with Crippen LogP contribution in [0.3, 0.4) is 0 Å². The highest BCUT2D eigenvalue weighted by Gasteiger charge is 2.46. The van der Waals surface area contributed by atoms with E-state index in [2.05, 4.69) is 487 Å². The first-order valence-corrected chi connectivity index (χ1v) is 49.2. The predicted octanol–water partition coefficient (Wildman–Crippen LogP) is 28.2. The van der Waals surface area contributed by atoms with Gasteiger partial charge in [-0.15, -0.1) is 0 Å². The van der Waals surface area contributed by atoms with Gasteiger partial charge in [-0.25, -0.2) is 0 Å². The van der Waals surface area contributed by atoms with Crippen LogP contribution in [0.25, 0.3) is 160 Å². The van der Waals surface area contributed by atoms with Gasteiger partial charge in [-0.2, -0.15) is 0 Å². The third-order valence-corrected chi connectivity index (χ3v) is 29.8. The normalized spacial score (nSPS) is 12.6. The van der Waals surface area contributed by atoms with Crippen LogP contribution < -0.4 is 77.6 Å². The van der Waals surface area contributed by atoms with Crippen molar-refractivity contribution in [1.29, 1.82) is 0 Å². The predicted molar refractivity (Wildman–Crippen MR) is 593 cm³/mol. The minimum absolute atomic E-state index is 0.000751. The van der Waals surface area contributed by atoms with Crippen LogP contribution in [-0.4, -0.2) is 33.8 Å². The van der Waals surface area contributed by atoms with Crippen molar-refractivity contribution in [2.45, 2.75) is 0 Å². The summed E-state index contributed by atoms with van der Waals surface area (Å²) in [7, 11) is 0. The van der Waals surface area contributed by atoms with E-state index in [1.165, 1.54) is 76.5 Å². The molecule has 6 aliphatic heterocycles. The van der Waals surface area contributed by atoms with Gasteiger partial charge in [-0.3, -0.25) is 0 Å². The lowest BCUT2D eigenvalue weighted by molar-refractivity contribution is 0.465. The first kappa shape index (κ1) is 82.3. The molecule has 0 bridgehead atoms. The van der Waals surface area contributed by atoms with Crippen molar-refractivity contribution in [3.8, 4) is 164 Å². The van der Waals surface area contributed by atoms with E-state index < -0.39 is 0 Å². The van der Waals surface area contributed by atoms with Gasteiger partial charge in [0.25, 0.3) is 20.1 Å². The monoisotopic (exact) mass is 1840 g/mol. The lowest BCUT2D eigenvalue weighted by Crippen LogP contribution is -2.57. The molecule has 22 aromatic carbocycles. The minimum Gasteiger partial charge on any atom is -0.458 e. The van der Waals surface area contributed by atoms with E-state index in [0.29, 0.717) is 0 Å². The van der Waals surface area contributed by atoms with Gasteiger partial charge in [-0.1, -0.05) is 370 Å². The second-order valence-electron chi connectivity index (χ2n) is 37.8. The van der Waals surface area contributed by atoms with Crippen LogP contribution in [0.2, 0.25) is 0 Å². The second-order valence-corrected chi connectivity index (χ2v) is 37.8. The number of para-hydroxylation sites is 10. The summed E-state index contributed by atoms with van der Waals surface area (Å²) in [6, 6.07) is 176. The van der Waals surface area contributed by atoms with Gasteiger partial charge in [0.15, 0.2) is 0 Å². The topological polar surface area (TPSA) is 70.2 Å². The van der Waals surface area contributed by atoms with Crippen LogP contribution in [-0.2, 0) is 0 Å². The molecule has 0 spiro atoms. The molecule has 12 heteroatoms. The van der Waals surface area contributed by atoms with Crippen molar-refractivity contribution in [2.24, 2.45) is 0 Å². The first-order valence-electron chi connectivity index (χ1n) is 49.2. The van der Waals surface area contributed by atoms with Gasteiger partial charge >= 0.3 is 0 Å². The Balaban J connectivity index is 0.000000103. The van der Waals surface area contributed by atoms with E-state index in [1.54, 1.807) is 0 Å². The Labute approximate surface area is 832 Å². The molecule has 0 fully saturated rings. The second kappa shape index (κ2) is 33.5. The highest BCUT2D eigenvalue weighted by molar-refractivity contribution is 7.00. The maximum Gasteiger partial charge on any atom is 0.260 e. The third kappa shape index (κ3) is 13.4. The molecule has 0 atom stereocenters. The largest absolute Gasteiger partial charge is 0.458 e. The van der Waals surface area contributed by atoms with E-state index in [9.17, 15) is 0 Å². The van der Waals surface area contributed by atoms with Crippen molar-refractivity contribution in [3.63, 3.8) is 0 Å². The molecule has 0 saturated carbocycles. The molecule has 31 rings (SSSR count). The molecule has 0 N–H and O–H groups in total. The fourth-order valence-corrected chi connectivity index (χ4v) is 23.3. The van der Waals surface area contributed by atoms with Crippen LogP contribution in [0.5, 0.6) is 69.0 Å². The summed E-state index contributed by atoms with van der Waals surface area (Å²) >= 11 is 0. The van der Waals surface area contributed by atoms with Crippen molar-refractivity contribution >= 4 is 135 Å². The van der Waals surface area contributed by atoms with Crippen LogP contribution in [0.1, 0.15) is 0 Å². The number of hydrogen-bond donors (Lipinski definition) is 0. The Morgan fingerprint density at radius 3 is 0.889 bits per heavy atom. The fraction of sp³-hybridized carbons (Fsp3) is 0. The van der Waals surface area contributed by atoms with Crippen LogP contribution in [0, 0.1) is 0 Å². The number of ether oxygens (including phenoxy) is 6. The average Bonchev–Trinajstić information content (AvgIpc) is 1.09. The van der Waals surface area contributed by atoms with E-state index in [1.807, 2.05) is 24.3 Å². The molecule has 3 aromatic heterocycles. The maximum atomic E-state index is 7.07. The number of hydrogen-bond acceptors (Lipinski definition) is 6. The average molecular weight is 1840 g/mol. The molecule has 0 saturated heterocycles. The zero-order valence-electron chi connectivity index (χ0n) is 77.9. The first-order chi connectivity index (χ1) is 71.4. The summed E-state index contributed by atoms with van der Waals surface area (Å²) in [5, 5.41) is 7.57. The van der Waals surface area contributed by atoms with Crippen LogP contribution >= 0.6 is 0 Å². The van der Waals surface area contributed by atoms with E-state index in [4.69, 9.17) is 28.4 Å². The van der Waals surface area contributed by atoms with Gasteiger partial charge in [0.1, 0.15) is 69.0 Å². The highest BCUT2D eigenvalue weighted by atomic mass is 16.5. The van der Waals surface area contributed by atoms with Gasteiger partial charge < -0.3 is 42.1 Å². The highest BCUT2D eigenvalue weighted by Crippen LogP contribution is 2.50. The van der Waals surface area contributed by atoms with Crippen LogP contribution in [0.4, 0.5) is 0 Å². The molecule has 6 aliphatic rings. The molecule has 670 valence electrons. The molecule has 0 aliphatic carbocycles. The Hall–Kier alpha value is -18.8. The van der Waals surface area contributed by atoms with E-state index in [0.717, 1.165) is 202 Å². The molecular weight excluding hydrogens is 1760 g/mol. The van der Waals surface area contributed by atoms with Gasteiger partial charge in [-0.05, 0) is 216 Å². The Bertz CT molecular complexity index is 9380. The Kier molecular flexibility index (Phi) is 19.2. The number of aromatic nitrogens is 3. The van der Waals surface area contributed by atoms with Crippen LogP contribution in [0.15, 0.2) is 497 Å². The number of rotatable bonds is 10. The van der Waals surface area contributed by atoms with Crippen molar-refractivity contribution in [2.75, 3.05) is 0 Å². The molecule has 0 amide bonds.